The summed E-state index contributed by atoms with van der Waals surface area (Å²) in [4.78, 5) is 26.3. The molecule has 1 aliphatic rings. The van der Waals surface area contributed by atoms with E-state index in [2.05, 4.69) is 47.0 Å². The standard InChI is InChI=1S/C19H23N9/c1-14(27-10-12-28(13-11-27)19-21-8-5-9-22-19)16-24-17(20)26-18(25-16)23-15-6-3-2-4-7-15/h2-9,14H,10-13H2,1H3,(H3,20,23,24,25,26)/t14-/m0/s1. The zero-order chi connectivity index (χ0) is 19.3. The Morgan fingerprint density at radius 2 is 1.64 bits per heavy atom. The third-order valence-electron chi connectivity index (χ3n) is 4.77. The van der Waals surface area contributed by atoms with Crippen LogP contribution in [0.25, 0.3) is 0 Å². The van der Waals surface area contributed by atoms with Gasteiger partial charge in [0.1, 0.15) is 0 Å². The molecule has 3 heterocycles. The van der Waals surface area contributed by atoms with E-state index in [1.165, 1.54) is 0 Å². The van der Waals surface area contributed by atoms with Crippen molar-refractivity contribution >= 4 is 23.5 Å². The summed E-state index contributed by atoms with van der Waals surface area (Å²) in [5, 5.41) is 3.19. The first-order valence-electron chi connectivity index (χ1n) is 9.28. The van der Waals surface area contributed by atoms with E-state index in [0.29, 0.717) is 11.8 Å². The lowest BCUT2D eigenvalue weighted by Crippen LogP contribution is -2.48. The van der Waals surface area contributed by atoms with Crippen LogP contribution in [0.2, 0.25) is 0 Å². The molecule has 1 atom stereocenters. The first-order valence-corrected chi connectivity index (χ1v) is 9.28. The van der Waals surface area contributed by atoms with Gasteiger partial charge in [-0.2, -0.15) is 15.0 Å². The van der Waals surface area contributed by atoms with Crippen LogP contribution in [0.1, 0.15) is 18.8 Å². The highest BCUT2D eigenvalue weighted by molar-refractivity contribution is 5.53. The Morgan fingerprint density at radius 3 is 2.36 bits per heavy atom. The zero-order valence-corrected chi connectivity index (χ0v) is 15.7. The highest BCUT2D eigenvalue weighted by Crippen LogP contribution is 2.22. The zero-order valence-electron chi connectivity index (χ0n) is 15.7. The van der Waals surface area contributed by atoms with Crippen molar-refractivity contribution in [2.24, 2.45) is 0 Å². The average Bonchev–Trinajstić information content (AvgIpc) is 2.74. The SMILES string of the molecule is C[C@@H](c1nc(N)nc(Nc2ccccc2)n1)N1CCN(c2ncccn2)CC1. The van der Waals surface area contributed by atoms with Gasteiger partial charge in [-0.1, -0.05) is 18.2 Å². The van der Waals surface area contributed by atoms with E-state index < -0.39 is 0 Å². The van der Waals surface area contributed by atoms with Gasteiger partial charge in [0.25, 0.3) is 0 Å². The van der Waals surface area contributed by atoms with Crippen LogP contribution < -0.4 is 16.0 Å². The van der Waals surface area contributed by atoms with Gasteiger partial charge in [0, 0.05) is 44.3 Å². The van der Waals surface area contributed by atoms with Crippen LogP contribution in [0.4, 0.5) is 23.5 Å². The Bertz CT molecular complexity index is 896. The molecule has 0 aliphatic carbocycles. The Labute approximate surface area is 163 Å². The second-order valence-corrected chi connectivity index (χ2v) is 6.61. The van der Waals surface area contributed by atoms with Gasteiger partial charge in [0.2, 0.25) is 17.8 Å². The quantitative estimate of drug-likeness (QED) is 0.688. The normalized spacial score (nSPS) is 16.0. The average molecular weight is 377 g/mol. The molecule has 144 valence electrons. The number of rotatable bonds is 5. The summed E-state index contributed by atoms with van der Waals surface area (Å²) < 4.78 is 0. The van der Waals surface area contributed by atoms with Crippen molar-refractivity contribution in [3.05, 3.63) is 54.6 Å². The predicted octanol–water partition coefficient (Wildman–Crippen LogP) is 1.87. The molecule has 9 heteroatoms. The van der Waals surface area contributed by atoms with Gasteiger partial charge < -0.3 is 16.0 Å². The van der Waals surface area contributed by atoms with Gasteiger partial charge in [0.05, 0.1) is 6.04 Å². The van der Waals surface area contributed by atoms with Crippen LogP contribution in [0, 0.1) is 0 Å². The minimum atomic E-state index is 0.0282. The Kier molecular flexibility index (Phi) is 5.24. The smallest absolute Gasteiger partial charge is 0.232 e. The van der Waals surface area contributed by atoms with Gasteiger partial charge in [0.15, 0.2) is 5.82 Å². The lowest BCUT2D eigenvalue weighted by Gasteiger charge is -2.37. The topological polar surface area (TPSA) is 109 Å². The summed E-state index contributed by atoms with van der Waals surface area (Å²) in [6, 6.07) is 11.6. The highest BCUT2D eigenvalue weighted by atomic mass is 15.3. The number of nitrogen functional groups attached to an aromatic ring is 1. The molecule has 0 amide bonds. The number of nitrogens with one attached hydrogen (secondary N) is 1. The van der Waals surface area contributed by atoms with Crippen LogP contribution >= 0.6 is 0 Å². The number of aromatic nitrogens is 5. The molecule has 0 saturated carbocycles. The number of para-hydroxylation sites is 1. The fourth-order valence-electron chi connectivity index (χ4n) is 3.23. The minimum absolute atomic E-state index is 0.0282. The van der Waals surface area contributed by atoms with Crippen molar-refractivity contribution in [3.8, 4) is 0 Å². The fourth-order valence-corrected chi connectivity index (χ4v) is 3.23. The van der Waals surface area contributed by atoms with Crippen LogP contribution in [-0.4, -0.2) is 56.0 Å². The lowest BCUT2D eigenvalue weighted by atomic mass is 10.2. The highest BCUT2D eigenvalue weighted by Gasteiger charge is 2.25. The predicted molar refractivity (Wildman–Crippen MR) is 108 cm³/mol. The summed E-state index contributed by atoms with van der Waals surface area (Å²) in [5.41, 5.74) is 6.84. The molecule has 28 heavy (non-hydrogen) atoms. The summed E-state index contributed by atoms with van der Waals surface area (Å²) in [6.07, 6.45) is 3.54. The largest absolute Gasteiger partial charge is 0.368 e. The van der Waals surface area contributed by atoms with Gasteiger partial charge in [-0.25, -0.2) is 9.97 Å². The molecule has 0 spiro atoms. The third kappa shape index (κ3) is 4.15. The van der Waals surface area contributed by atoms with Crippen LogP contribution in [0.15, 0.2) is 48.8 Å². The minimum Gasteiger partial charge on any atom is -0.368 e. The van der Waals surface area contributed by atoms with E-state index in [9.17, 15) is 0 Å². The molecule has 0 bridgehead atoms. The van der Waals surface area contributed by atoms with Crippen molar-refractivity contribution in [3.63, 3.8) is 0 Å². The van der Waals surface area contributed by atoms with Crippen molar-refractivity contribution < 1.29 is 0 Å². The van der Waals surface area contributed by atoms with Gasteiger partial charge in [-0.3, -0.25) is 4.90 Å². The molecule has 3 aromatic rings. The molecule has 3 N–H and O–H groups in total. The molecule has 2 aromatic heterocycles. The summed E-state index contributed by atoms with van der Waals surface area (Å²) >= 11 is 0. The maximum Gasteiger partial charge on any atom is 0.232 e. The lowest BCUT2D eigenvalue weighted by molar-refractivity contribution is 0.191. The van der Waals surface area contributed by atoms with Gasteiger partial charge in [-0.15, -0.1) is 0 Å². The second kappa shape index (κ2) is 8.13. The Balaban J connectivity index is 1.44. The van der Waals surface area contributed by atoms with Crippen LogP contribution in [-0.2, 0) is 0 Å². The first kappa shape index (κ1) is 18.1. The number of nitrogens with zero attached hydrogens (tertiary/aromatic N) is 7. The second-order valence-electron chi connectivity index (χ2n) is 6.61. The number of benzene rings is 1. The van der Waals surface area contributed by atoms with Crippen molar-refractivity contribution in [1.82, 2.24) is 29.8 Å². The molecule has 1 saturated heterocycles. The number of hydrogen-bond donors (Lipinski definition) is 2. The number of piperazine rings is 1. The van der Waals surface area contributed by atoms with Gasteiger partial charge >= 0.3 is 0 Å². The van der Waals surface area contributed by atoms with E-state index >= 15 is 0 Å². The molecule has 4 rings (SSSR count). The maximum atomic E-state index is 5.93. The summed E-state index contributed by atoms with van der Waals surface area (Å²) in [7, 11) is 0. The fraction of sp³-hybridized carbons (Fsp3) is 0.316. The van der Waals surface area contributed by atoms with E-state index in [0.717, 1.165) is 37.8 Å². The monoisotopic (exact) mass is 377 g/mol. The molecule has 1 fully saturated rings. The Hall–Kier alpha value is -3.33. The molecular formula is C19H23N9. The van der Waals surface area contributed by atoms with Crippen LogP contribution in [0.5, 0.6) is 0 Å². The molecule has 1 aromatic carbocycles. The number of anilines is 4. The molecule has 9 nitrogen and oxygen atoms in total. The first-order chi connectivity index (χ1) is 13.7. The maximum absolute atomic E-state index is 5.93. The molecular weight excluding hydrogens is 354 g/mol. The van der Waals surface area contributed by atoms with Crippen molar-refractivity contribution in [2.45, 2.75) is 13.0 Å². The molecule has 0 unspecified atom stereocenters. The summed E-state index contributed by atoms with van der Waals surface area (Å²) in [5.74, 6) is 2.10. The number of hydrogen-bond acceptors (Lipinski definition) is 9. The van der Waals surface area contributed by atoms with E-state index in [4.69, 9.17) is 5.73 Å². The Morgan fingerprint density at radius 1 is 0.929 bits per heavy atom. The molecule has 1 aliphatic heterocycles. The van der Waals surface area contributed by atoms with Gasteiger partial charge in [-0.05, 0) is 25.1 Å². The van der Waals surface area contributed by atoms with E-state index in [1.807, 2.05) is 36.4 Å². The van der Waals surface area contributed by atoms with E-state index in [1.54, 1.807) is 12.4 Å². The number of nitrogens with two attached hydrogens (primary N) is 1. The molecule has 0 radical (unpaired) electrons. The van der Waals surface area contributed by atoms with Crippen molar-refractivity contribution in [2.75, 3.05) is 42.1 Å². The van der Waals surface area contributed by atoms with E-state index in [-0.39, 0.29) is 12.0 Å². The third-order valence-corrected chi connectivity index (χ3v) is 4.77. The van der Waals surface area contributed by atoms with Crippen molar-refractivity contribution in [1.29, 1.82) is 0 Å². The van der Waals surface area contributed by atoms with Crippen LogP contribution in [0.3, 0.4) is 0 Å². The summed E-state index contributed by atoms with van der Waals surface area (Å²) in [6.45, 7) is 5.53.